The Morgan fingerprint density at radius 2 is 1.96 bits per heavy atom. The van der Waals surface area contributed by atoms with Crippen molar-refractivity contribution in [3.05, 3.63) is 53.9 Å². The molecule has 0 saturated carbocycles. The number of carbonyl (C=O) groups excluding carboxylic acids is 1. The van der Waals surface area contributed by atoms with Crippen molar-refractivity contribution in [3.8, 4) is 0 Å². The summed E-state index contributed by atoms with van der Waals surface area (Å²) in [5.74, 6) is 1.51. The molecule has 0 spiro atoms. The SMILES string of the molecule is CN=C(NCc1cnn(Cc2ccccc2)c1)N1CCC(CC(=O)NC)CC1. The highest BCUT2D eigenvalue weighted by atomic mass is 16.1. The lowest BCUT2D eigenvalue weighted by Crippen LogP contribution is -2.45. The quantitative estimate of drug-likeness (QED) is 0.591. The molecule has 2 N–H and O–H groups in total. The second kappa shape index (κ2) is 9.92. The van der Waals surface area contributed by atoms with Gasteiger partial charge in [0.1, 0.15) is 0 Å². The Balaban J connectivity index is 1.47. The Kier molecular flexibility index (Phi) is 7.06. The van der Waals surface area contributed by atoms with Gasteiger partial charge in [0, 0.05) is 51.9 Å². The molecule has 0 bridgehead atoms. The zero-order valence-corrected chi connectivity index (χ0v) is 16.8. The van der Waals surface area contributed by atoms with Crippen LogP contribution in [0.25, 0.3) is 0 Å². The van der Waals surface area contributed by atoms with Crippen molar-refractivity contribution in [2.45, 2.75) is 32.4 Å². The largest absolute Gasteiger partial charge is 0.359 e. The fraction of sp³-hybridized carbons (Fsp3) is 0.476. The smallest absolute Gasteiger partial charge is 0.220 e. The topological polar surface area (TPSA) is 74.5 Å². The molecule has 2 aromatic rings. The first kappa shape index (κ1) is 19.9. The van der Waals surface area contributed by atoms with Gasteiger partial charge in [0.2, 0.25) is 5.91 Å². The molecular weight excluding hydrogens is 352 g/mol. The second-order valence-electron chi connectivity index (χ2n) is 7.24. The Hall–Kier alpha value is -2.83. The number of carbonyl (C=O) groups is 1. The fourth-order valence-electron chi connectivity index (χ4n) is 3.58. The van der Waals surface area contributed by atoms with Crippen molar-refractivity contribution in [2.75, 3.05) is 27.2 Å². The van der Waals surface area contributed by atoms with Crippen molar-refractivity contribution >= 4 is 11.9 Å². The molecule has 0 unspecified atom stereocenters. The minimum Gasteiger partial charge on any atom is -0.359 e. The molecule has 1 aromatic heterocycles. The summed E-state index contributed by atoms with van der Waals surface area (Å²) in [6, 6.07) is 10.3. The molecule has 0 aliphatic carbocycles. The van der Waals surface area contributed by atoms with Crippen LogP contribution in [0.15, 0.2) is 47.7 Å². The number of nitrogens with zero attached hydrogens (tertiary/aromatic N) is 4. The van der Waals surface area contributed by atoms with E-state index in [9.17, 15) is 4.79 Å². The van der Waals surface area contributed by atoms with Gasteiger partial charge in [-0.1, -0.05) is 30.3 Å². The van der Waals surface area contributed by atoms with Gasteiger partial charge < -0.3 is 15.5 Å². The number of aliphatic imine (C=N–C) groups is 1. The summed E-state index contributed by atoms with van der Waals surface area (Å²) in [6.07, 6.45) is 6.63. The van der Waals surface area contributed by atoms with E-state index in [-0.39, 0.29) is 5.91 Å². The molecule has 0 atom stereocenters. The van der Waals surface area contributed by atoms with Crippen molar-refractivity contribution in [1.29, 1.82) is 0 Å². The average molecular weight is 383 g/mol. The highest BCUT2D eigenvalue weighted by Gasteiger charge is 2.23. The highest BCUT2D eigenvalue weighted by Crippen LogP contribution is 2.20. The lowest BCUT2D eigenvalue weighted by atomic mass is 9.93. The maximum Gasteiger partial charge on any atom is 0.220 e. The molecule has 1 fully saturated rings. The van der Waals surface area contributed by atoms with Gasteiger partial charge in [-0.05, 0) is 24.3 Å². The highest BCUT2D eigenvalue weighted by molar-refractivity contribution is 5.80. The Morgan fingerprint density at radius 3 is 2.64 bits per heavy atom. The van der Waals surface area contributed by atoms with Crippen LogP contribution in [0, 0.1) is 5.92 Å². The van der Waals surface area contributed by atoms with Crippen molar-refractivity contribution in [2.24, 2.45) is 10.9 Å². The van der Waals surface area contributed by atoms with E-state index >= 15 is 0 Å². The predicted molar refractivity (Wildman–Crippen MR) is 111 cm³/mol. The average Bonchev–Trinajstić information content (AvgIpc) is 3.17. The van der Waals surface area contributed by atoms with Crippen LogP contribution >= 0.6 is 0 Å². The van der Waals surface area contributed by atoms with Crippen LogP contribution < -0.4 is 10.6 Å². The normalized spacial score (nSPS) is 15.5. The number of likely N-dealkylation sites (tertiary alicyclic amines) is 1. The second-order valence-corrected chi connectivity index (χ2v) is 7.24. The number of aromatic nitrogens is 2. The number of nitrogens with one attached hydrogen (secondary N) is 2. The van der Waals surface area contributed by atoms with E-state index in [1.807, 2.05) is 36.1 Å². The number of amides is 1. The third kappa shape index (κ3) is 5.58. The summed E-state index contributed by atoms with van der Waals surface area (Å²) < 4.78 is 1.96. The van der Waals surface area contributed by atoms with Crippen LogP contribution in [0.2, 0.25) is 0 Å². The Morgan fingerprint density at radius 1 is 1.21 bits per heavy atom. The third-order valence-electron chi connectivity index (χ3n) is 5.20. The summed E-state index contributed by atoms with van der Waals surface area (Å²) in [5, 5.41) is 10.6. The predicted octanol–water partition coefficient (Wildman–Crippen LogP) is 1.85. The molecule has 1 aliphatic heterocycles. The number of hydrogen-bond acceptors (Lipinski definition) is 3. The molecule has 7 heteroatoms. The van der Waals surface area contributed by atoms with Crippen LogP contribution in [-0.4, -0.2) is 53.7 Å². The third-order valence-corrected chi connectivity index (χ3v) is 5.20. The number of rotatable bonds is 6. The lowest BCUT2D eigenvalue weighted by molar-refractivity contribution is -0.121. The van der Waals surface area contributed by atoms with E-state index in [1.165, 1.54) is 5.56 Å². The van der Waals surface area contributed by atoms with Gasteiger partial charge in [0.05, 0.1) is 12.7 Å². The van der Waals surface area contributed by atoms with Gasteiger partial charge in [0.15, 0.2) is 5.96 Å². The minimum absolute atomic E-state index is 0.133. The lowest BCUT2D eigenvalue weighted by Gasteiger charge is -2.34. The fourth-order valence-corrected chi connectivity index (χ4v) is 3.58. The first-order valence-corrected chi connectivity index (χ1v) is 9.89. The molecule has 1 aromatic carbocycles. The van der Waals surface area contributed by atoms with Gasteiger partial charge in [0.25, 0.3) is 0 Å². The van der Waals surface area contributed by atoms with E-state index in [0.29, 0.717) is 18.9 Å². The maximum atomic E-state index is 11.6. The standard InChI is InChI=1S/C21H30N6O/c1-22-20(28)12-17-8-10-26(11-9-17)21(23-2)24-13-19-14-25-27(16-19)15-18-6-4-3-5-7-18/h3-7,14,16-17H,8-13,15H2,1-2H3,(H,22,28)(H,23,24). The molecule has 150 valence electrons. The van der Waals surface area contributed by atoms with Gasteiger partial charge in [-0.15, -0.1) is 0 Å². The molecular formula is C21H30N6O. The number of hydrogen-bond donors (Lipinski definition) is 2. The van der Waals surface area contributed by atoms with E-state index in [2.05, 4.69) is 44.0 Å². The summed E-state index contributed by atoms with van der Waals surface area (Å²) in [7, 11) is 3.52. The first-order chi connectivity index (χ1) is 13.7. The summed E-state index contributed by atoms with van der Waals surface area (Å²) in [4.78, 5) is 18.3. The monoisotopic (exact) mass is 382 g/mol. The Labute approximate surface area is 166 Å². The summed E-state index contributed by atoms with van der Waals surface area (Å²) >= 11 is 0. The molecule has 1 amide bonds. The Bertz CT molecular complexity index is 777. The van der Waals surface area contributed by atoms with Crippen LogP contribution in [-0.2, 0) is 17.9 Å². The minimum atomic E-state index is 0.133. The molecule has 28 heavy (non-hydrogen) atoms. The van der Waals surface area contributed by atoms with E-state index in [4.69, 9.17) is 0 Å². The zero-order valence-electron chi connectivity index (χ0n) is 16.8. The van der Waals surface area contributed by atoms with Crippen LogP contribution in [0.3, 0.4) is 0 Å². The van der Waals surface area contributed by atoms with Crippen LogP contribution in [0.4, 0.5) is 0 Å². The van der Waals surface area contributed by atoms with Crippen LogP contribution in [0.5, 0.6) is 0 Å². The first-order valence-electron chi connectivity index (χ1n) is 9.89. The van der Waals surface area contributed by atoms with Crippen molar-refractivity contribution < 1.29 is 4.79 Å². The number of benzene rings is 1. The van der Waals surface area contributed by atoms with Gasteiger partial charge in [-0.2, -0.15) is 5.10 Å². The molecule has 1 saturated heterocycles. The summed E-state index contributed by atoms with van der Waals surface area (Å²) in [5.41, 5.74) is 2.37. The molecule has 7 nitrogen and oxygen atoms in total. The van der Waals surface area contributed by atoms with Gasteiger partial charge >= 0.3 is 0 Å². The van der Waals surface area contributed by atoms with Gasteiger partial charge in [-0.3, -0.25) is 14.5 Å². The van der Waals surface area contributed by atoms with E-state index in [0.717, 1.165) is 44.0 Å². The molecule has 3 rings (SSSR count). The van der Waals surface area contributed by atoms with E-state index < -0.39 is 0 Å². The molecule has 2 heterocycles. The van der Waals surface area contributed by atoms with Crippen LogP contribution in [0.1, 0.15) is 30.4 Å². The maximum absolute atomic E-state index is 11.6. The van der Waals surface area contributed by atoms with E-state index in [1.54, 1.807) is 7.05 Å². The molecule has 0 radical (unpaired) electrons. The zero-order chi connectivity index (χ0) is 19.8. The van der Waals surface area contributed by atoms with Crippen molar-refractivity contribution in [1.82, 2.24) is 25.3 Å². The number of piperidine rings is 1. The number of guanidine groups is 1. The van der Waals surface area contributed by atoms with Crippen molar-refractivity contribution in [3.63, 3.8) is 0 Å². The summed E-state index contributed by atoms with van der Waals surface area (Å²) in [6.45, 7) is 3.32. The van der Waals surface area contributed by atoms with Gasteiger partial charge in [-0.25, -0.2) is 0 Å². The molecule has 1 aliphatic rings.